The highest BCUT2D eigenvalue weighted by Crippen LogP contribution is 2.44. The average Bonchev–Trinajstić information content (AvgIpc) is 3.51. The second-order valence-corrected chi connectivity index (χ2v) is 9.75. The fourth-order valence-corrected chi connectivity index (χ4v) is 5.18. The molecule has 2 aliphatic heterocycles. The zero-order chi connectivity index (χ0) is 26.0. The van der Waals surface area contributed by atoms with Gasteiger partial charge >= 0.3 is 0 Å². The minimum Gasteiger partial charge on any atom is -0.375 e. The molecule has 0 saturated carbocycles. The maximum atomic E-state index is 8.81. The summed E-state index contributed by atoms with van der Waals surface area (Å²) in [6.45, 7) is 2.25. The molecule has 3 aromatic rings. The van der Waals surface area contributed by atoms with E-state index in [1.807, 2.05) is 91.0 Å². The van der Waals surface area contributed by atoms with Gasteiger partial charge in [0.1, 0.15) is 23.9 Å². The second-order valence-electron chi connectivity index (χ2n) is 9.75. The molecule has 0 unspecified atom stereocenters. The quantitative estimate of drug-likeness (QED) is 0.177. The smallest absolute Gasteiger partial charge is 0.123 e. The molecule has 0 radical (unpaired) electrons. The average molecular weight is 516 g/mol. The van der Waals surface area contributed by atoms with Crippen molar-refractivity contribution in [2.24, 2.45) is 5.11 Å². The van der Waals surface area contributed by atoms with Gasteiger partial charge in [0, 0.05) is 11.3 Å². The summed E-state index contributed by atoms with van der Waals surface area (Å²) in [5.41, 5.74) is 11.3. The molecule has 3 aromatic carbocycles. The molecule has 0 amide bonds. The van der Waals surface area contributed by atoms with Crippen molar-refractivity contribution in [1.82, 2.24) is 0 Å². The van der Waals surface area contributed by atoms with Crippen LogP contribution in [0.1, 0.15) is 23.1 Å². The van der Waals surface area contributed by atoms with Crippen molar-refractivity contribution in [3.63, 3.8) is 0 Å². The van der Waals surface area contributed by atoms with Crippen LogP contribution in [-0.4, -0.2) is 49.8 Å². The van der Waals surface area contributed by atoms with Crippen LogP contribution in [0.25, 0.3) is 10.4 Å². The van der Waals surface area contributed by atoms with E-state index in [-0.39, 0.29) is 24.9 Å². The van der Waals surface area contributed by atoms with Crippen molar-refractivity contribution in [3.8, 4) is 0 Å². The van der Waals surface area contributed by atoms with Gasteiger partial charge in [-0.05, 0) is 22.2 Å². The molecule has 0 bridgehead atoms. The predicted octanol–water partition coefficient (Wildman–Crippen LogP) is 5.61. The Morgan fingerprint density at radius 2 is 1.39 bits per heavy atom. The lowest BCUT2D eigenvalue weighted by molar-refractivity contribution is -0.120. The zero-order valence-electron chi connectivity index (χ0n) is 21.3. The van der Waals surface area contributed by atoms with Gasteiger partial charge in [-0.3, -0.25) is 0 Å². The first-order valence-corrected chi connectivity index (χ1v) is 13.0. The van der Waals surface area contributed by atoms with Gasteiger partial charge in [-0.15, -0.1) is 0 Å². The molecule has 2 heterocycles. The van der Waals surface area contributed by atoms with Crippen LogP contribution in [-0.2, 0) is 43.5 Å². The Hall–Kier alpha value is -3.23. The molecule has 0 N–H and O–H groups in total. The van der Waals surface area contributed by atoms with Crippen molar-refractivity contribution in [2.45, 2.75) is 56.3 Å². The Morgan fingerprint density at radius 1 is 0.816 bits per heavy atom. The van der Waals surface area contributed by atoms with Crippen LogP contribution >= 0.6 is 0 Å². The minimum absolute atomic E-state index is 0.243. The summed E-state index contributed by atoms with van der Waals surface area (Å²) < 4.78 is 32.0. The van der Waals surface area contributed by atoms with E-state index in [4.69, 9.17) is 29.2 Å². The number of hydrogen-bond donors (Lipinski definition) is 0. The fraction of sp³-hybridized carbons (Fsp3) is 0.400. The van der Waals surface area contributed by atoms with Crippen molar-refractivity contribution >= 4 is 0 Å². The lowest BCUT2D eigenvalue weighted by Gasteiger charge is -2.30. The van der Waals surface area contributed by atoms with Gasteiger partial charge in [0.15, 0.2) is 0 Å². The van der Waals surface area contributed by atoms with E-state index in [2.05, 4.69) is 10.0 Å². The molecule has 5 atom stereocenters. The molecule has 1 spiro atoms. The highest BCUT2D eigenvalue weighted by atomic mass is 16.6. The molecule has 8 nitrogen and oxygen atoms in total. The van der Waals surface area contributed by atoms with Crippen LogP contribution in [0.15, 0.2) is 96.1 Å². The van der Waals surface area contributed by atoms with Gasteiger partial charge in [-0.25, -0.2) is 0 Å². The van der Waals surface area contributed by atoms with Gasteiger partial charge in [0.25, 0.3) is 0 Å². The van der Waals surface area contributed by atoms with Crippen LogP contribution in [0.5, 0.6) is 0 Å². The Kier molecular flexibility index (Phi) is 9.04. The second kappa shape index (κ2) is 13.0. The number of benzene rings is 3. The summed E-state index contributed by atoms with van der Waals surface area (Å²) in [5, 5.41) is 3.73. The minimum atomic E-state index is -0.730. The molecule has 5 rings (SSSR count). The molecule has 38 heavy (non-hydrogen) atoms. The lowest BCUT2D eigenvalue weighted by Crippen LogP contribution is -2.46. The molecule has 2 fully saturated rings. The highest BCUT2D eigenvalue weighted by molar-refractivity contribution is 5.16. The number of rotatable bonds is 12. The van der Waals surface area contributed by atoms with E-state index in [0.717, 1.165) is 16.7 Å². The van der Waals surface area contributed by atoms with Gasteiger partial charge in [0.2, 0.25) is 0 Å². The summed E-state index contributed by atoms with van der Waals surface area (Å²) in [4.78, 5) is 2.90. The Labute approximate surface area is 223 Å². The van der Waals surface area contributed by atoms with Crippen LogP contribution in [0.4, 0.5) is 0 Å². The van der Waals surface area contributed by atoms with E-state index in [1.165, 1.54) is 0 Å². The van der Waals surface area contributed by atoms with Crippen LogP contribution < -0.4 is 0 Å². The van der Waals surface area contributed by atoms with Gasteiger partial charge in [0.05, 0.1) is 45.7 Å². The number of azide groups is 1. The molecular weight excluding hydrogens is 482 g/mol. The monoisotopic (exact) mass is 515 g/mol. The largest absolute Gasteiger partial charge is 0.375 e. The first-order valence-electron chi connectivity index (χ1n) is 13.0. The maximum absolute atomic E-state index is 8.81. The Balaban J connectivity index is 1.36. The SMILES string of the molecule is [N-]=[N+]=NC[C@@H]1C[C@@]2(CO1)O[C@H](COCc1ccccc1)[C@@H](OCc1ccccc1)[C@@H]2OCc1ccccc1. The van der Waals surface area contributed by atoms with E-state index in [0.29, 0.717) is 39.5 Å². The summed E-state index contributed by atoms with van der Waals surface area (Å²) in [7, 11) is 0. The third kappa shape index (κ3) is 6.60. The van der Waals surface area contributed by atoms with Gasteiger partial charge < -0.3 is 23.7 Å². The van der Waals surface area contributed by atoms with Crippen LogP contribution in [0, 0.1) is 0 Å². The first-order chi connectivity index (χ1) is 18.8. The summed E-state index contributed by atoms with van der Waals surface area (Å²) in [6, 6.07) is 30.2. The van der Waals surface area contributed by atoms with Gasteiger partial charge in [-0.2, -0.15) is 0 Å². The lowest BCUT2D eigenvalue weighted by atomic mass is 9.91. The fourth-order valence-electron chi connectivity index (χ4n) is 5.18. The van der Waals surface area contributed by atoms with E-state index in [1.54, 1.807) is 0 Å². The normalized spacial score (nSPS) is 26.4. The predicted molar refractivity (Wildman–Crippen MR) is 142 cm³/mol. The van der Waals surface area contributed by atoms with Crippen molar-refractivity contribution < 1.29 is 23.7 Å². The number of ether oxygens (including phenoxy) is 5. The zero-order valence-corrected chi connectivity index (χ0v) is 21.3. The van der Waals surface area contributed by atoms with Crippen LogP contribution in [0.2, 0.25) is 0 Å². The van der Waals surface area contributed by atoms with Crippen LogP contribution in [0.3, 0.4) is 0 Å². The van der Waals surface area contributed by atoms with E-state index >= 15 is 0 Å². The molecule has 0 aromatic heterocycles. The third-order valence-corrected chi connectivity index (χ3v) is 7.01. The Bertz CT molecular complexity index is 1180. The summed E-state index contributed by atoms with van der Waals surface area (Å²) in [5.74, 6) is 0. The number of hydrogen-bond acceptors (Lipinski definition) is 6. The standard InChI is InChI=1S/C30H33N3O5/c31-33-32-17-26-16-30(22-37-26)29(36-20-25-14-8-3-9-15-25)28(35-19-24-12-6-2-7-13-24)27(38-30)21-34-18-23-10-4-1-5-11-23/h1-15,26-29H,16-22H2/t26-,27+,28+,29-,30-/m0/s1. The van der Waals surface area contributed by atoms with Crippen molar-refractivity contribution in [2.75, 3.05) is 19.8 Å². The van der Waals surface area contributed by atoms with Crippen molar-refractivity contribution in [1.29, 1.82) is 0 Å². The molecule has 8 heteroatoms. The topological polar surface area (TPSA) is 94.9 Å². The summed E-state index contributed by atoms with van der Waals surface area (Å²) >= 11 is 0. The molecular formula is C30H33N3O5. The Morgan fingerprint density at radius 3 is 2.00 bits per heavy atom. The highest BCUT2D eigenvalue weighted by Gasteiger charge is 2.60. The van der Waals surface area contributed by atoms with Crippen molar-refractivity contribution in [3.05, 3.63) is 118 Å². The maximum Gasteiger partial charge on any atom is 0.123 e. The molecule has 0 aliphatic carbocycles. The number of nitrogens with zero attached hydrogens (tertiary/aromatic N) is 3. The molecule has 198 valence electrons. The third-order valence-electron chi connectivity index (χ3n) is 7.01. The molecule has 2 aliphatic rings. The first kappa shape index (κ1) is 26.4. The molecule has 2 saturated heterocycles. The van der Waals surface area contributed by atoms with E-state index < -0.39 is 11.7 Å². The van der Waals surface area contributed by atoms with E-state index in [9.17, 15) is 0 Å². The van der Waals surface area contributed by atoms with Gasteiger partial charge in [-0.1, -0.05) is 96.1 Å². The summed E-state index contributed by atoms with van der Waals surface area (Å²) in [6.07, 6.45) is -0.826.